The molecule has 0 saturated heterocycles. The Morgan fingerprint density at radius 1 is 1.05 bits per heavy atom. The Bertz CT molecular complexity index is 656. The third-order valence-electron chi connectivity index (χ3n) is 2.79. The SMILES string of the molecule is COC(=O)[C@H](C)Oc1ccc(Oc2ccc(Cl)cc2Cl)cc1. The fourth-order valence-electron chi connectivity index (χ4n) is 1.69. The number of rotatable bonds is 5. The van der Waals surface area contributed by atoms with Gasteiger partial charge in [0.1, 0.15) is 17.2 Å². The lowest BCUT2D eigenvalue weighted by Gasteiger charge is -2.13. The Balaban J connectivity index is 2.04. The summed E-state index contributed by atoms with van der Waals surface area (Å²) in [6.07, 6.45) is -0.678. The van der Waals surface area contributed by atoms with E-state index in [1.54, 1.807) is 49.4 Å². The van der Waals surface area contributed by atoms with Crippen LogP contribution in [0.15, 0.2) is 42.5 Å². The predicted molar refractivity (Wildman–Crippen MR) is 85.1 cm³/mol. The molecule has 22 heavy (non-hydrogen) atoms. The molecule has 0 amide bonds. The lowest BCUT2D eigenvalue weighted by atomic mass is 10.3. The van der Waals surface area contributed by atoms with E-state index < -0.39 is 12.1 Å². The molecule has 0 fully saturated rings. The standard InChI is InChI=1S/C16H14Cl2O4/c1-10(16(19)20-2)21-12-4-6-13(7-5-12)22-15-8-3-11(17)9-14(15)18/h3-10H,1-2H3/t10-/m0/s1. The average Bonchev–Trinajstić information content (AvgIpc) is 2.51. The molecule has 0 aliphatic carbocycles. The van der Waals surface area contributed by atoms with Gasteiger partial charge >= 0.3 is 5.97 Å². The van der Waals surface area contributed by atoms with E-state index >= 15 is 0 Å². The molecule has 4 nitrogen and oxygen atoms in total. The molecule has 116 valence electrons. The molecule has 0 aromatic heterocycles. The van der Waals surface area contributed by atoms with Crippen LogP contribution in [0.5, 0.6) is 17.2 Å². The number of carbonyl (C=O) groups excluding carboxylic acids is 1. The number of esters is 1. The van der Waals surface area contributed by atoms with Gasteiger partial charge in [-0.05, 0) is 49.4 Å². The highest BCUT2D eigenvalue weighted by Gasteiger charge is 2.14. The van der Waals surface area contributed by atoms with Crippen molar-refractivity contribution in [2.24, 2.45) is 0 Å². The van der Waals surface area contributed by atoms with Crippen molar-refractivity contribution in [1.29, 1.82) is 0 Å². The fraction of sp³-hybridized carbons (Fsp3) is 0.188. The highest BCUT2D eigenvalue weighted by Crippen LogP contribution is 2.32. The van der Waals surface area contributed by atoms with Crippen molar-refractivity contribution in [2.45, 2.75) is 13.0 Å². The second kappa shape index (κ2) is 7.38. The summed E-state index contributed by atoms with van der Waals surface area (Å²) in [4.78, 5) is 11.3. The smallest absolute Gasteiger partial charge is 0.346 e. The Kier molecular flexibility index (Phi) is 5.52. The molecule has 0 saturated carbocycles. The number of hydrogen-bond acceptors (Lipinski definition) is 4. The van der Waals surface area contributed by atoms with Crippen molar-refractivity contribution >= 4 is 29.2 Å². The number of methoxy groups -OCH3 is 1. The van der Waals surface area contributed by atoms with Crippen molar-refractivity contribution in [3.63, 3.8) is 0 Å². The van der Waals surface area contributed by atoms with Crippen molar-refractivity contribution < 1.29 is 19.0 Å². The molecule has 2 aromatic carbocycles. The molecular formula is C16H14Cl2O4. The van der Waals surface area contributed by atoms with E-state index in [1.165, 1.54) is 7.11 Å². The summed E-state index contributed by atoms with van der Waals surface area (Å²) in [6, 6.07) is 11.8. The molecule has 6 heteroatoms. The minimum atomic E-state index is -0.678. The first-order chi connectivity index (χ1) is 10.5. The topological polar surface area (TPSA) is 44.8 Å². The van der Waals surface area contributed by atoms with Gasteiger partial charge in [-0.25, -0.2) is 4.79 Å². The maximum Gasteiger partial charge on any atom is 0.346 e. The van der Waals surface area contributed by atoms with Gasteiger partial charge in [0, 0.05) is 5.02 Å². The third kappa shape index (κ3) is 4.29. The fourth-order valence-corrected chi connectivity index (χ4v) is 2.14. The van der Waals surface area contributed by atoms with Crippen LogP contribution in [0.25, 0.3) is 0 Å². The highest BCUT2D eigenvalue weighted by molar-refractivity contribution is 6.35. The molecule has 2 aromatic rings. The summed E-state index contributed by atoms with van der Waals surface area (Å²) in [5, 5.41) is 0.963. The third-order valence-corrected chi connectivity index (χ3v) is 3.32. The van der Waals surface area contributed by atoms with E-state index in [0.29, 0.717) is 27.3 Å². The van der Waals surface area contributed by atoms with E-state index in [-0.39, 0.29) is 0 Å². The van der Waals surface area contributed by atoms with Crippen LogP contribution in [0.2, 0.25) is 10.0 Å². The normalized spacial score (nSPS) is 11.6. The maximum absolute atomic E-state index is 11.3. The zero-order valence-corrected chi connectivity index (χ0v) is 13.5. The van der Waals surface area contributed by atoms with Crippen LogP contribution in [-0.4, -0.2) is 19.2 Å². The zero-order valence-electron chi connectivity index (χ0n) is 12.0. The quantitative estimate of drug-likeness (QED) is 0.738. The molecule has 0 N–H and O–H groups in total. The summed E-state index contributed by atoms with van der Waals surface area (Å²) < 4.78 is 15.7. The van der Waals surface area contributed by atoms with E-state index in [1.807, 2.05) is 0 Å². The summed E-state index contributed by atoms with van der Waals surface area (Å²) >= 11 is 11.9. The van der Waals surface area contributed by atoms with Crippen LogP contribution in [0.3, 0.4) is 0 Å². The van der Waals surface area contributed by atoms with Crippen molar-refractivity contribution in [3.8, 4) is 17.2 Å². The monoisotopic (exact) mass is 340 g/mol. The van der Waals surface area contributed by atoms with Gasteiger partial charge in [-0.15, -0.1) is 0 Å². The molecule has 2 rings (SSSR count). The second-order valence-corrected chi connectivity index (χ2v) is 5.28. The van der Waals surface area contributed by atoms with E-state index in [9.17, 15) is 4.79 Å². The minimum Gasteiger partial charge on any atom is -0.479 e. The van der Waals surface area contributed by atoms with Crippen molar-refractivity contribution in [1.82, 2.24) is 0 Å². The molecular weight excluding hydrogens is 327 g/mol. The molecule has 0 aliphatic rings. The van der Waals surface area contributed by atoms with Gasteiger partial charge in [-0.3, -0.25) is 0 Å². The van der Waals surface area contributed by atoms with E-state index in [0.717, 1.165) is 0 Å². The lowest BCUT2D eigenvalue weighted by Crippen LogP contribution is -2.24. The van der Waals surface area contributed by atoms with Gasteiger partial charge in [-0.2, -0.15) is 0 Å². The Labute approximate surface area is 138 Å². The van der Waals surface area contributed by atoms with E-state index in [4.69, 9.17) is 32.7 Å². The first-order valence-electron chi connectivity index (χ1n) is 6.47. The molecule has 0 spiro atoms. The molecule has 0 heterocycles. The van der Waals surface area contributed by atoms with Crippen LogP contribution >= 0.6 is 23.2 Å². The number of carbonyl (C=O) groups is 1. The molecule has 0 unspecified atom stereocenters. The van der Waals surface area contributed by atoms with Gasteiger partial charge in [0.25, 0.3) is 0 Å². The van der Waals surface area contributed by atoms with Crippen LogP contribution in [0.1, 0.15) is 6.92 Å². The van der Waals surface area contributed by atoms with Gasteiger partial charge in [0.2, 0.25) is 0 Å². The number of halogens is 2. The highest BCUT2D eigenvalue weighted by atomic mass is 35.5. The van der Waals surface area contributed by atoms with Gasteiger partial charge in [0.15, 0.2) is 6.10 Å². The first-order valence-corrected chi connectivity index (χ1v) is 7.22. The number of benzene rings is 2. The van der Waals surface area contributed by atoms with E-state index in [2.05, 4.69) is 4.74 Å². The van der Waals surface area contributed by atoms with Crippen LogP contribution in [0.4, 0.5) is 0 Å². The molecule has 1 atom stereocenters. The summed E-state index contributed by atoms with van der Waals surface area (Å²) in [6.45, 7) is 1.61. The Hall–Kier alpha value is -1.91. The summed E-state index contributed by atoms with van der Waals surface area (Å²) in [5.74, 6) is 1.19. The van der Waals surface area contributed by atoms with Crippen LogP contribution in [0, 0.1) is 0 Å². The summed E-state index contributed by atoms with van der Waals surface area (Å²) in [5.41, 5.74) is 0. The average molecular weight is 341 g/mol. The minimum absolute atomic E-state index is 0.423. The van der Waals surface area contributed by atoms with Gasteiger partial charge in [-0.1, -0.05) is 23.2 Å². The number of ether oxygens (including phenoxy) is 3. The van der Waals surface area contributed by atoms with Crippen molar-refractivity contribution in [2.75, 3.05) is 7.11 Å². The van der Waals surface area contributed by atoms with Crippen molar-refractivity contribution in [3.05, 3.63) is 52.5 Å². The lowest BCUT2D eigenvalue weighted by molar-refractivity contribution is -0.147. The second-order valence-electron chi connectivity index (χ2n) is 4.43. The molecule has 0 aliphatic heterocycles. The summed E-state index contributed by atoms with van der Waals surface area (Å²) in [7, 11) is 1.31. The molecule has 0 bridgehead atoms. The molecule has 0 radical (unpaired) electrons. The Morgan fingerprint density at radius 3 is 2.27 bits per heavy atom. The van der Waals surface area contributed by atoms with Gasteiger partial charge in [0.05, 0.1) is 12.1 Å². The Morgan fingerprint density at radius 2 is 1.68 bits per heavy atom. The largest absolute Gasteiger partial charge is 0.479 e. The first kappa shape index (κ1) is 16.5. The maximum atomic E-state index is 11.3. The number of hydrogen-bond donors (Lipinski definition) is 0. The zero-order chi connectivity index (χ0) is 16.1. The van der Waals surface area contributed by atoms with Crippen LogP contribution in [-0.2, 0) is 9.53 Å². The predicted octanol–water partition coefficient (Wildman–Crippen LogP) is 4.73. The van der Waals surface area contributed by atoms with Gasteiger partial charge < -0.3 is 14.2 Å². The van der Waals surface area contributed by atoms with Crippen LogP contribution < -0.4 is 9.47 Å².